The second kappa shape index (κ2) is 5.20. The summed E-state index contributed by atoms with van der Waals surface area (Å²) in [6.45, 7) is 0.138. The predicted molar refractivity (Wildman–Crippen MR) is 56.4 cm³/mol. The van der Waals surface area contributed by atoms with Crippen molar-refractivity contribution in [2.45, 2.75) is 18.9 Å². The van der Waals surface area contributed by atoms with Crippen LogP contribution in [0.5, 0.6) is 5.75 Å². The van der Waals surface area contributed by atoms with Gasteiger partial charge in [0.1, 0.15) is 5.75 Å². The van der Waals surface area contributed by atoms with Crippen LogP contribution in [0.15, 0.2) is 18.2 Å². The van der Waals surface area contributed by atoms with Crippen LogP contribution in [-0.2, 0) is 0 Å². The number of aliphatic hydroxyl groups excluding tert-OH is 1. The average molecular weight is 216 g/mol. The van der Waals surface area contributed by atoms with E-state index in [0.29, 0.717) is 17.9 Å². The lowest BCUT2D eigenvalue weighted by Gasteiger charge is -2.11. The van der Waals surface area contributed by atoms with Crippen LogP contribution >= 0.6 is 11.6 Å². The summed E-state index contributed by atoms with van der Waals surface area (Å²) in [5.41, 5.74) is 6.72. The molecule has 0 aliphatic carbocycles. The molecule has 0 spiro atoms. The zero-order chi connectivity index (χ0) is 10.6. The van der Waals surface area contributed by atoms with Gasteiger partial charge in [-0.3, -0.25) is 0 Å². The Kier molecular flexibility index (Phi) is 4.20. The smallest absolute Gasteiger partial charge is 0.134 e. The second-order valence-corrected chi connectivity index (χ2v) is 3.59. The van der Waals surface area contributed by atoms with Crippen molar-refractivity contribution >= 4 is 11.6 Å². The van der Waals surface area contributed by atoms with Gasteiger partial charge in [-0.05, 0) is 30.5 Å². The Hall–Kier alpha value is -0.770. The Morgan fingerprint density at radius 2 is 2.14 bits per heavy atom. The lowest BCUT2D eigenvalue weighted by molar-refractivity contribution is 0.280. The van der Waals surface area contributed by atoms with E-state index in [1.807, 2.05) is 0 Å². The Labute approximate surface area is 88.1 Å². The van der Waals surface area contributed by atoms with Crippen LogP contribution in [0.4, 0.5) is 0 Å². The number of phenolic OH excluding ortho intramolecular Hbond substituents is 1. The Morgan fingerprint density at radius 1 is 1.43 bits per heavy atom. The Morgan fingerprint density at radius 3 is 2.71 bits per heavy atom. The van der Waals surface area contributed by atoms with Gasteiger partial charge >= 0.3 is 0 Å². The lowest BCUT2D eigenvalue weighted by atomic mass is 10.0. The molecule has 0 saturated heterocycles. The minimum absolute atomic E-state index is 0.0600. The fourth-order valence-electron chi connectivity index (χ4n) is 1.23. The van der Waals surface area contributed by atoms with E-state index < -0.39 is 0 Å². The van der Waals surface area contributed by atoms with Gasteiger partial charge in [-0.1, -0.05) is 17.7 Å². The first kappa shape index (κ1) is 11.3. The molecule has 4 N–H and O–H groups in total. The number of nitrogens with two attached hydrogens (primary N) is 1. The van der Waals surface area contributed by atoms with Gasteiger partial charge in [0.2, 0.25) is 0 Å². The molecule has 0 heterocycles. The Bertz CT molecular complexity index is 304. The van der Waals surface area contributed by atoms with Crippen LogP contribution in [0, 0.1) is 0 Å². The SMILES string of the molecule is N[C@@H](CCCO)c1ccc(O)c(Cl)c1. The molecule has 0 unspecified atom stereocenters. The van der Waals surface area contributed by atoms with E-state index in [-0.39, 0.29) is 18.4 Å². The first-order valence-corrected chi connectivity index (χ1v) is 4.88. The molecule has 0 radical (unpaired) electrons. The van der Waals surface area contributed by atoms with Gasteiger partial charge in [-0.2, -0.15) is 0 Å². The van der Waals surface area contributed by atoms with Crippen molar-refractivity contribution in [3.8, 4) is 5.75 Å². The zero-order valence-electron chi connectivity index (χ0n) is 7.78. The van der Waals surface area contributed by atoms with Crippen molar-refractivity contribution < 1.29 is 10.2 Å². The number of phenols is 1. The molecular weight excluding hydrogens is 202 g/mol. The maximum Gasteiger partial charge on any atom is 0.134 e. The van der Waals surface area contributed by atoms with Crippen LogP contribution in [0.3, 0.4) is 0 Å². The summed E-state index contributed by atoms with van der Waals surface area (Å²) in [6.07, 6.45) is 1.37. The van der Waals surface area contributed by atoms with Crippen molar-refractivity contribution in [2.75, 3.05) is 6.61 Å². The molecule has 14 heavy (non-hydrogen) atoms. The maximum atomic E-state index is 9.19. The van der Waals surface area contributed by atoms with Crippen LogP contribution in [0.25, 0.3) is 0 Å². The number of rotatable bonds is 4. The molecule has 3 nitrogen and oxygen atoms in total. The number of benzene rings is 1. The molecule has 78 valence electrons. The summed E-state index contributed by atoms with van der Waals surface area (Å²) in [5, 5.41) is 18.1. The fourth-order valence-corrected chi connectivity index (χ4v) is 1.42. The summed E-state index contributed by atoms with van der Waals surface area (Å²) in [6, 6.07) is 4.78. The van der Waals surface area contributed by atoms with Crippen molar-refractivity contribution in [3.63, 3.8) is 0 Å². The predicted octanol–water partition coefficient (Wildman–Crippen LogP) is 1.82. The minimum atomic E-state index is -0.139. The van der Waals surface area contributed by atoms with Gasteiger partial charge in [0.25, 0.3) is 0 Å². The quantitative estimate of drug-likeness (QED) is 0.718. The van der Waals surface area contributed by atoms with Crippen LogP contribution in [0.2, 0.25) is 5.02 Å². The van der Waals surface area contributed by atoms with Crippen molar-refractivity contribution in [2.24, 2.45) is 5.73 Å². The van der Waals surface area contributed by atoms with Gasteiger partial charge in [0.15, 0.2) is 0 Å². The van der Waals surface area contributed by atoms with E-state index in [4.69, 9.17) is 22.4 Å². The standard InChI is InChI=1S/C10H14ClNO2/c11-8-6-7(3-4-10(8)14)9(12)2-1-5-13/h3-4,6,9,13-14H,1-2,5,12H2/t9-/m0/s1. The highest BCUT2D eigenvalue weighted by Crippen LogP contribution is 2.27. The lowest BCUT2D eigenvalue weighted by Crippen LogP contribution is -2.10. The molecule has 1 rings (SSSR count). The number of aliphatic hydroxyl groups is 1. The second-order valence-electron chi connectivity index (χ2n) is 3.18. The monoisotopic (exact) mass is 215 g/mol. The van der Waals surface area contributed by atoms with Crippen LogP contribution in [-0.4, -0.2) is 16.8 Å². The summed E-state index contributed by atoms with van der Waals surface area (Å²) >= 11 is 5.74. The summed E-state index contributed by atoms with van der Waals surface area (Å²) in [4.78, 5) is 0. The molecule has 0 fully saturated rings. The molecule has 1 aromatic rings. The van der Waals surface area contributed by atoms with Crippen LogP contribution in [0.1, 0.15) is 24.4 Å². The third-order valence-electron chi connectivity index (χ3n) is 2.07. The molecular formula is C10H14ClNO2. The van der Waals surface area contributed by atoms with Gasteiger partial charge in [0.05, 0.1) is 5.02 Å². The highest BCUT2D eigenvalue weighted by atomic mass is 35.5. The molecule has 4 heteroatoms. The zero-order valence-corrected chi connectivity index (χ0v) is 8.54. The van der Waals surface area contributed by atoms with Gasteiger partial charge in [-0.15, -0.1) is 0 Å². The maximum absolute atomic E-state index is 9.19. The molecule has 1 atom stereocenters. The van der Waals surface area contributed by atoms with Crippen LogP contribution < -0.4 is 5.73 Å². The normalized spacial score (nSPS) is 12.8. The van der Waals surface area contributed by atoms with Gasteiger partial charge < -0.3 is 15.9 Å². The minimum Gasteiger partial charge on any atom is -0.506 e. The van der Waals surface area contributed by atoms with E-state index in [1.165, 1.54) is 6.07 Å². The summed E-state index contributed by atoms with van der Waals surface area (Å²) in [7, 11) is 0. The van der Waals surface area contributed by atoms with E-state index >= 15 is 0 Å². The summed E-state index contributed by atoms with van der Waals surface area (Å²) < 4.78 is 0. The number of halogens is 1. The highest BCUT2D eigenvalue weighted by Gasteiger charge is 2.07. The first-order valence-electron chi connectivity index (χ1n) is 4.50. The van der Waals surface area contributed by atoms with E-state index in [1.54, 1.807) is 12.1 Å². The molecule has 1 aromatic carbocycles. The topological polar surface area (TPSA) is 66.5 Å². The molecule has 0 saturated carbocycles. The molecule has 0 aliphatic heterocycles. The first-order chi connectivity index (χ1) is 6.65. The third-order valence-corrected chi connectivity index (χ3v) is 2.38. The third kappa shape index (κ3) is 2.87. The fraction of sp³-hybridized carbons (Fsp3) is 0.400. The molecule has 0 aliphatic rings. The van der Waals surface area contributed by atoms with E-state index in [9.17, 15) is 5.11 Å². The van der Waals surface area contributed by atoms with Gasteiger partial charge in [-0.25, -0.2) is 0 Å². The number of hydrogen-bond donors (Lipinski definition) is 3. The molecule has 0 aromatic heterocycles. The van der Waals surface area contributed by atoms with Crippen molar-refractivity contribution in [1.82, 2.24) is 0 Å². The largest absolute Gasteiger partial charge is 0.506 e. The van der Waals surface area contributed by atoms with E-state index in [0.717, 1.165) is 5.56 Å². The molecule has 0 bridgehead atoms. The summed E-state index contributed by atoms with van der Waals surface area (Å²) in [5.74, 6) is 0.0600. The number of hydrogen-bond acceptors (Lipinski definition) is 3. The van der Waals surface area contributed by atoms with E-state index in [2.05, 4.69) is 0 Å². The average Bonchev–Trinajstić information content (AvgIpc) is 2.18. The Balaban J connectivity index is 2.70. The van der Waals surface area contributed by atoms with Crippen molar-refractivity contribution in [1.29, 1.82) is 0 Å². The molecule has 0 amide bonds. The van der Waals surface area contributed by atoms with Gasteiger partial charge in [0, 0.05) is 12.6 Å². The number of aromatic hydroxyl groups is 1. The van der Waals surface area contributed by atoms with Crippen molar-refractivity contribution in [3.05, 3.63) is 28.8 Å². The highest BCUT2D eigenvalue weighted by molar-refractivity contribution is 6.32.